The molecular weight excluding hydrogens is 604 g/mol. The molecule has 8 N–H and O–H groups in total. The van der Waals surface area contributed by atoms with E-state index in [-0.39, 0.29) is 15.6 Å². The topological polar surface area (TPSA) is 308 Å². The third-order valence-electron chi connectivity index (χ3n) is 6.65. The van der Waals surface area contributed by atoms with Crippen molar-refractivity contribution in [1.29, 1.82) is 0 Å². The normalized spacial score (nSPS) is 11.7. The zero-order valence-corrected chi connectivity index (χ0v) is 21.8. The van der Waals surface area contributed by atoms with Gasteiger partial charge in [-0.3, -0.25) is 0 Å². The van der Waals surface area contributed by atoms with Crippen molar-refractivity contribution in [2.24, 2.45) is 0 Å². The van der Waals surface area contributed by atoms with E-state index in [1.807, 2.05) is 0 Å². The first kappa shape index (κ1) is 29.4. The molecule has 0 aromatic carbocycles. The number of carboxylic acid groups (broad SMARTS) is 7. The number of aromatic carboxylic acids is 6. The van der Waals surface area contributed by atoms with Gasteiger partial charge in [0.25, 0.3) is 0 Å². The van der Waals surface area contributed by atoms with Crippen molar-refractivity contribution in [1.82, 2.24) is 19.5 Å². The van der Waals surface area contributed by atoms with Crippen molar-refractivity contribution < 1.29 is 69.3 Å². The van der Waals surface area contributed by atoms with Crippen molar-refractivity contribution in [2.45, 2.75) is 0 Å². The van der Waals surface area contributed by atoms with Crippen LogP contribution in [0.5, 0.6) is 0 Å². The highest BCUT2D eigenvalue weighted by atomic mass is 16.4. The summed E-state index contributed by atoms with van der Waals surface area (Å²) in [4.78, 5) is 98.0. The molecule has 0 aliphatic carbocycles. The average Bonchev–Trinajstić information content (AvgIpc) is 3.71. The van der Waals surface area contributed by atoms with Crippen LogP contribution in [0.1, 0.15) is 84.9 Å². The van der Waals surface area contributed by atoms with Gasteiger partial charge in [-0.05, 0) is 36.4 Å². The van der Waals surface area contributed by atoms with Gasteiger partial charge >= 0.3 is 41.9 Å². The summed E-state index contributed by atoms with van der Waals surface area (Å²) < 4.78 is -0.172. The summed E-state index contributed by atoms with van der Waals surface area (Å²) in [5.41, 5.74) is -12.1. The van der Waals surface area contributed by atoms with E-state index in [1.165, 1.54) is 0 Å². The fourth-order valence-electron chi connectivity index (χ4n) is 5.01. The second-order valence-electron chi connectivity index (χ2n) is 9.11. The summed E-state index contributed by atoms with van der Waals surface area (Å²) in [5.74, 6) is -11.7. The van der Waals surface area contributed by atoms with Crippen LogP contribution in [0.4, 0.5) is 4.79 Å². The van der Waals surface area contributed by atoms with Crippen LogP contribution in [0.15, 0.2) is 12.1 Å². The molecule has 18 nitrogen and oxygen atoms in total. The fraction of sp³-hybridized carbons (Fsp3) is 0. The number of nitrogens with one attached hydrogen (secondary N) is 1. The molecule has 3 aromatic heterocycles. The molecule has 3 aromatic rings. The van der Waals surface area contributed by atoms with Crippen LogP contribution in [0.25, 0.3) is 46.4 Å². The van der Waals surface area contributed by atoms with Gasteiger partial charge in [-0.15, -0.1) is 0 Å². The summed E-state index contributed by atoms with van der Waals surface area (Å²) in [6.45, 7) is 0. The van der Waals surface area contributed by atoms with Gasteiger partial charge in [0, 0.05) is 0 Å². The van der Waals surface area contributed by atoms with Gasteiger partial charge in [0.15, 0.2) is 0 Å². The lowest BCUT2D eigenvalue weighted by Gasteiger charge is -2.06. The second-order valence-corrected chi connectivity index (χ2v) is 9.11. The molecule has 0 radical (unpaired) electrons. The highest BCUT2D eigenvalue weighted by molar-refractivity contribution is 6.21. The number of hydrogen-bond donors (Lipinski definition) is 8. The van der Waals surface area contributed by atoms with Gasteiger partial charge in [0.2, 0.25) is 0 Å². The molecule has 2 aliphatic heterocycles. The van der Waals surface area contributed by atoms with Gasteiger partial charge in [0.1, 0.15) is 33.4 Å². The number of carbonyl (C=O) groups is 7. The van der Waals surface area contributed by atoms with Crippen LogP contribution < -0.4 is 0 Å². The number of aromatic amines is 1. The number of rotatable bonds is 6. The summed E-state index contributed by atoms with van der Waals surface area (Å²) in [5, 5.41) is 70.7. The number of fused-ring (bicyclic) bond motifs is 8. The molecule has 8 bridgehead atoms. The van der Waals surface area contributed by atoms with Crippen molar-refractivity contribution in [3.8, 4) is 0 Å². The number of H-pyrrole nitrogens is 1. The molecule has 0 amide bonds. The first-order valence-corrected chi connectivity index (χ1v) is 12.0. The molecule has 5 rings (SSSR count). The Hall–Kier alpha value is -7.11. The van der Waals surface area contributed by atoms with E-state index in [0.29, 0.717) is 0 Å². The molecule has 0 saturated heterocycles. The Morgan fingerprint density at radius 2 is 0.756 bits per heavy atom. The van der Waals surface area contributed by atoms with Crippen molar-refractivity contribution in [3.05, 3.63) is 68.3 Å². The van der Waals surface area contributed by atoms with Gasteiger partial charge in [-0.1, -0.05) is 0 Å². The number of hydrogen-bond acceptors (Lipinski definition) is 9. The smallest absolute Gasteiger partial charge is 0.416 e. The lowest BCUT2D eigenvalue weighted by molar-refractivity contribution is 0.0653. The number of nitrogens with zero attached hydrogens (tertiary/aromatic N) is 3. The highest BCUT2D eigenvalue weighted by Gasteiger charge is 2.36. The largest absolute Gasteiger partial charge is 0.478 e. The Balaban J connectivity index is 2.31. The zero-order chi connectivity index (χ0) is 33.1. The monoisotopic (exact) mass is 618 g/mol. The lowest BCUT2D eigenvalue weighted by Crippen LogP contribution is -2.15. The van der Waals surface area contributed by atoms with E-state index in [2.05, 4.69) is 15.0 Å². The Kier molecular flexibility index (Phi) is 6.73. The van der Waals surface area contributed by atoms with Gasteiger partial charge < -0.3 is 40.7 Å². The predicted molar refractivity (Wildman–Crippen MR) is 148 cm³/mol. The van der Waals surface area contributed by atoms with Crippen LogP contribution >= 0.6 is 0 Å². The maximum Gasteiger partial charge on any atom is 0.416 e. The first-order valence-electron chi connectivity index (χ1n) is 12.0. The van der Waals surface area contributed by atoms with Crippen molar-refractivity contribution >= 4 is 88.3 Å². The maximum atomic E-state index is 12.7. The number of carboxylic acids is 6. The second kappa shape index (κ2) is 10.3. The molecule has 226 valence electrons. The van der Waals surface area contributed by atoms with E-state index in [9.17, 15) is 69.3 Å². The molecule has 0 atom stereocenters. The quantitative estimate of drug-likeness (QED) is 0.136. The fourth-order valence-corrected chi connectivity index (χ4v) is 5.01. The van der Waals surface area contributed by atoms with E-state index >= 15 is 0 Å². The minimum Gasteiger partial charge on any atom is -0.478 e. The molecular formula is C27H14N4O14. The molecule has 5 heterocycles. The minimum absolute atomic E-state index is 0.172. The predicted octanol–water partition coefficient (Wildman–Crippen LogP) is 2.84. The summed E-state index contributed by atoms with van der Waals surface area (Å²) in [6, 6.07) is 2.33. The number of aromatic nitrogens is 4. The van der Waals surface area contributed by atoms with E-state index in [4.69, 9.17) is 0 Å². The third-order valence-corrected chi connectivity index (χ3v) is 6.65. The molecule has 0 fully saturated rings. The Labute approximate surface area is 245 Å². The molecule has 18 heteroatoms. The Morgan fingerprint density at radius 3 is 1.02 bits per heavy atom. The van der Waals surface area contributed by atoms with E-state index in [1.54, 1.807) is 0 Å². The molecule has 0 saturated carbocycles. The Morgan fingerprint density at radius 1 is 0.467 bits per heavy atom. The molecule has 2 aliphatic rings. The van der Waals surface area contributed by atoms with Gasteiger partial charge in [0.05, 0.1) is 44.8 Å². The standard InChI is InChI=1S/C27H14N4O14/c32-21(33)13-7-1-2-8(28-7)14(22(34)35)10-4-6-12(30-10)16(24(38)39)20-18(26(42)43)17(25(40)41)19(31(20)27(44)45)15(23(36)37)11-5-3-9(13)29-11/h1-6,28H,(H,32,33)(H,34,35)(H,36,37)(H,38,39)(H,40,41)(H,42,43)(H,44,45). The highest BCUT2D eigenvalue weighted by Crippen LogP contribution is 2.34. The molecule has 0 unspecified atom stereocenters. The SMILES string of the molecule is O=C(O)c1c2nc(c(C(=O)O)c3c(C(=O)O)c(C(=O)O)c(c(C(=O)O)c4nc(c(C(=O)O)c5ccc1[nH]5)C=C4)n3C(=O)O)C=C2. The van der Waals surface area contributed by atoms with Crippen LogP contribution in [0.2, 0.25) is 0 Å². The Bertz CT molecular complexity index is 2070. The summed E-state index contributed by atoms with van der Waals surface area (Å²) in [7, 11) is 0. The molecule has 0 spiro atoms. The molecule has 45 heavy (non-hydrogen) atoms. The van der Waals surface area contributed by atoms with Gasteiger partial charge in [-0.25, -0.2) is 48.1 Å². The van der Waals surface area contributed by atoms with Crippen molar-refractivity contribution in [3.63, 3.8) is 0 Å². The average molecular weight is 618 g/mol. The maximum absolute atomic E-state index is 12.7. The first-order chi connectivity index (χ1) is 21.1. The minimum atomic E-state index is -2.22. The zero-order valence-electron chi connectivity index (χ0n) is 21.8. The van der Waals surface area contributed by atoms with E-state index < -0.39 is 109 Å². The van der Waals surface area contributed by atoms with Crippen LogP contribution in [-0.2, 0) is 0 Å². The van der Waals surface area contributed by atoms with Crippen molar-refractivity contribution in [2.75, 3.05) is 0 Å². The van der Waals surface area contributed by atoms with E-state index in [0.717, 1.165) is 36.4 Å². The van der Waals surface area contributed by atoms with Crippen LogP contribution in [0.3, 0.4) is 0 Å². The van der Waals surface area contributed by atoms with Crippen LogP contribution in [0, 0.1) is 0 Å². The summed E-state index contributed by atoms with van der Waals surface area (Å²) in [6.07, 6.45) is 1.51. The lowest BCUT2D eigenvalue weighted by atomic mass is 10.0. The van der Waals surface area contributed by atoms with Crippen LogP contribution in [-0.4, -0.2) is 97.2 Å². The van der Waals surface area contributed by atoms with Gasteiger partial charge in [-0.2, -0.15) is 0 Å². The third kappa shape index (κ3) is 4.50. The summed E-state index contributed by atoms with van der Waals surface area (Å²) >= 11 is 0.